The van der Waals surface area contributed by atoms with Crippen molar-refractivity contribution in [3.05, 3.63) is 0 Å². The summed E-state index contributed by atoms with van der Waals surface area (Å²) < 4.78 is 0.621. The molecular weight excluding hydrogens is 214 g/mol. The van der Waals surface area contributed by atoms with E-state index in [2.05, 4.69) is 17.5 Å². The molecule has 90 valence electrons. The molecule has 0 saturated heterocycles. The molecule has 0 fully saturated rings. The van der Waals surface area contributed by atoms with Gasteiger partial charge < -0.3 is 16.9 Å². The van der Waals surface area contributed by atoms with E-state index in [-0.39, 0.29) is 18.3 Å². The molecule has 0 rings (SSSR count). The topological polar surface area (TPSA) is 41.5 Å². The molecule has 1 amide bonds. The van der Waals surface area contributed by atoms with Crippen molar-refractivity contribution in [1.82, 2.24) is 5.43 Å². The molecule has 4 nitrogen and oxygen atoms in total. The second kappa shape index (κ2) is 8.68. The van der Waals surface area contributed by atoms with Crippen LogP contribution in [0.1, 0.15) is 26.2 Å². The van der Waals surface area contributed by atoms with Crippen LogP contribution in [0.15, 0.2) is 5.10 Å². The van der Waals surface area contributed by atoms with Gasteiger partial charge in [-0.1, -0.05) is 13.3 Å². The van der Waals surface area contributed by atoms with Crippen molar-refractivity contribution >= 4 is 12.1 Å². The molecule has 1 N–H and O–H groups in total. The lowest BCUT2D eigenvalue weighted by molar-refractivity contribution is -0.862. The first-order valence-electron chi connectivity index (χ1n) is 5.06. The summed E-state index contributed by atoms with van der Waals surface area (Å²) >= 11 is 0. The fraction of sp³-hybridized carbons (Fsp3) is 0.800. The highest BCUT2D eigenvalue weighted by Crippen LogP contribution is 1.90. The molecule has 0 aliphatic heterocycles. The predicted octanol–water partition coefficient (Wildman–Crippen LogP) is -2.01. The van der Waals surface area contributed by atoms with Crippen LogP contribution in [-0.4, -0.2) is 44.3 Å². The van der Waals surface area contributed by atoms with E-state index >= 15 is 0 Å². The van der Waals surface area contributed by atoms with Crippen molar-refractivity contribution in [2.75, 3.05) is 27.7 Å². The van der Waals surface area contributed by atoms with Gasteiger partial charge in [-0.05, 0) is 12.8 Å². The van der Waals surface area contributed by atoms with E-state index in [1.54, 1.807) is 6.21 Å². The van der Waals surface area contributed by atoms with E-state index in [4.69, 9.17) is 0 Å². The highest BCUT2D eigenvalue weighted by molar-refractivity contribution is 5.77. The molecule has 0 aromatic heterocycles. The Morgan fingerprint density at radius 1 is 1.40 bits per heavy atom. The molecule has 0 atom stereocenters. The lowest BCUT2D eigenvalue weighted by Crippen LogP contribution is -3.00. The smallest absolute Gasteiger partial charge is 0.295 e. The minimum Gasteiger partial charge on any atom is -1.00 e. The Balaban J connectivity index is 0. The largest absolute Gasteiger partial charge is 1.00 e. The number of likely N-dealkylation sites (N-methyl/N-ethyl adjacent to an activating group) is 1. The summed E-state index contributed by atoms with van der Waals surface area (Å²) in [6.45, 7) is 2.58. The summed E-state index contributed by atoms with van der Waals surface area (Å²) in [5.74, 6) is -0.0368. The average molecular weight is 236 g/mol. The number of hydrogen-bond donors (Lipinski definition) is 1. The molecule has 0 saturated carbocycles. The zero-order valence-corrected chi connectivity index (χ0v) is 10.8. The maximum Gasteiger partial charge on any atom is 0.295 e. The van der Waals surface area contributed by atoms with Crippen LogP contribution in [0.25, 0.3) is 0 Å². The van der Waals surface area contributed by atoms with Crippen molar-refractivity contribution in [1.29, 1.82) is 0 Å². The summed E-state index contributed by atoms with van der Waals surface area (Å²) in [7, 11) is 5.92. The SMILES string of the molecule is CCCC/C=N\NC(=O)C[N+](C)(C)C.[Cl-]. The third-order valence-electron chi connectivity index (χ3n) is 1.59. The van der Waals surface area contributed by atoms with Crippen molar-refractivity contribution in [2.24, 2.45) is 5.10 Å². The van der Waals surface area contributed by atoms with Crippen LogP contribution in [0.5, 0.6) is 0 Å². The van der Waals surface area contributed by atoms with Gasteiger partial charge in [-0.2, -0.15) is 5.10 Å². The number of halogens is 1. The fourth-order valence-corrected chi connectivity index (χ4v) is 0.944. The summed E-state index contributed by atoms with van der Waals surface area (Å²) in [6.07, 6.45) is 4.96. The van der Waals surface area contributed by atoms with Gasteiger partial charge in [0.05, 0.1) is 21.1 Å². The molecule has 0 radical (unpaired) electrons. The summed E-state index contributed by atoms with van der Waals surface area (Å²) in [4.78, 5) is 11.3. The van der Waals surface area contributed by atoms with E-state index in [1.807, 2.05) is 21.1 Å². The van der Waals surface area contributed by atoms with Crippen molar-refractivity contribution in [3.8, 4) is 0 Å². The molecule has 0 unspecified atom stereocenters. The zero-order chi connectivity index (χ0) is 11.0. The Hall–Kier alpha value is -0.610. The number of quaternary nitrogens is 1. The summed E-state index contributed by atoms with van der Waals surface area (Å²) in [5, 5.41) is 3.86. The molecule has 0 aromatic carbocycles. The van der Waals surface area contributed by atoms with Gasteiger partial charge in [-0.3, -0.25) is 4.79 Å². The quantitative estimate of drug-likeness (QED) is 0.246. The van der Waals surface area contributed by atoms with Gasteiger partial charge in [0, 0.05) is 6.21 Å². The molecule has 0 aromatic rings. The average Bonchev–Trinajstić information content (AvgIpc) is 2.00. The highest BCUT2D eigenvalue weighted by Gasteiger charge is 2.12. The Bertz CT molecular complexity index is 199. The van der Waals surface area contributed by atoms with E-state index < -0.39 is 0 Å². The number of nitrogens with one attached hydrogen (secondary N) is 1. The Morgan fingerprint density at radius 2 is 2.00 bits per heavy atom. The number of hydrogen-bond acceptors (Lipinski definition) is 2. The number of carbonyl (C=O) groups excluding carboxylic acids is 1. The normalized spacial score (nSPS) is 11.2. The molecule has 5 heteroatoms. The van der Waals surface area contributed by atoms with Gasteiger partial charge in [-0.15, -0.1) is 0 Å². The maximum atomic E-state index is 11.3. The van der Waals surface area contributed by atoms with Crippen LogP contribution >= 0.6 is 0 Å². The molecule has 0 aliphatic carbocycles. The lowest BCUT2D eigenvalue weighted by Gasteiger charge is -2.21. The van der Waals surface area contributed by atoms with Gasteiger partial charge in [0.25, 0.3) is 5.91 Å². The highest BCUT2D eigenvalue weighted by atomic mass is 35.5. The number of hydrazone groups is 1. The first kappa shape index (κ1) is 16.8. The first-order valence-corrected chi connectivity index (χ1v) is 5.06. The van der Waals surface area contributed by atoms with Crippen LogP contribution < -0.4 is 17.8 Å². The number of carbonyl (C=O) groups is 1. The minimum absolute atomic E-state index is 0. The molecule has 0 heterocycles. The van der Waals surface area contributed by atoms with Crippen molar-refractivity contribution in [3.63, 3.8) is 0 Å². The monoisotopic (exact) mass is 235 g/mol. The van der Waals surface area contributed by atoms with E-state index in [0.29, 0.717) is 11.0 Å². The molecule has 0 bridgehead atoms. The van der Waals surface area contributed by atoms with E-state index in [1.165, 1.54) is 0 Å². The van der Waals surface area contributed by atoms with Crippen molar-refractivity contribution in [2.45, 2.75) is 26.2 Å². The van der Waals surface area contributed by atoms with Crippen LogP contribution in [0.2, 0.25) is 0 Å². The Labute approximate surface area is 98.7 Å². The lowest BCUT2D eigenvalue weighted by atomic mass is 10.3. The molecule has 0 aliphatic rings. The second-order valence-corrected chi connectivity index (χ2v) is 4.44. The molecule has 15 heavy (non-hydrogen) atoms. The standard InChI is InChI=1S/C10H21N3O.ClH/c1-5-6-7-8-11-12-10(14)9-13(2,3)4;/h8H,5-7,9H2,1-4H3;1H/b11-8-;. The molecular formula is C10H22ClN3O. The van der Waals surface area contributed by atoms with E-state index in [0.717, 1.165) is 19.3 Å². The van der Waals surface area contributed by atoms with Gasteiger partial charge in [-0.25, -0.2) is 5.43 Å². The second-order valence-electron chi connectivity index (χ2n) is 4.44. The van der Waals surface area contributed by atoms with Gasteiger partial charge in [0.15, 0.2) is 6.54 Å². The maximum absolute atomic E-state index is 11.3. The zero-order valence-electron chi connectivity index (χ0n) is 10.1. The van der Waals surface area contributed by atoms with Gasteiger partial charge in [0.1, 0.15) is 0 Å². The number of unbranched alkanes of at least 4 members (excludes halogenated alkanes) is 2. The number of amides is 1. The third kappa shape index (κ3) is 13.4. The predicted molar refractivity (Wildman–Crippen MR) is 59.1 cm³/mol. The van der Waals surface area contributed by atoms with Crippen LogP contribution in [0.3, 0.4) is 0 Å². The minimum atomic E-state index is -0.0368. The Kier molecular flexibility index (Phi) is 9.72. The summed E-state index contributed by atoms with van der Waals surface area (Å²) in [6, 6.07) is 0. The van der Waals surface area contributed by atoms with Crippen LogP contribution in [0.4, 0.5) is 0 Å². The fourth-order valence-electron chi connectivity index (χ4n) is 0.944. The van der Waals surface area contributed by atoms with Crippen LogP contribution in [-0.2, 0) is 4.79 Å². The molecule has 0 spiro atoms. The van der Waals surface area contributed by atoms with Gasteiger partial charge >= 0.3 is 0 Å². The van der Waals surface area contributed by atoms with Crippen LogP contribution in [0, 0.1) is 0 Å². The third-order valence-corrected chi connectivity index (χ3v) is 1.59. The number of nitrogens with zero attached hydrogens (tertiary/aromatic N) is 2. The summed E-state index contributed by atoms with van der Waals surface area (Å²) in [5.41, 5.74) is 2.51. The van der Waals surface area contributed by atoms with E-state index in [9.17, 15) is 4.79 Å². The van der Waals surface area contributed by atoms with Crippen molar-refractivity contribution < 1.29 is 21.7 Å². The first-order chi connectivity index (χ1) is 6.45. The van der Waals surface area contributed by atoms with Gasteiger partial charge in [0.2, 0.25) is 0 Å². The Morgan fingerprint density at radius 3 is 2.47 bits per heavy atom. The number of rotatable bonds is 6.